The fraction of sp³-hybridized carbons (Fsp3) is 0.672. The summed E-state index contributed by atoms with van der Waals surface area (Å²) in [5.41, 5.74) is -2.27. The first-order valence-electron chi connectivity index (χ1n) is 31.0. The minimum absolute atomic E-state index is 0.0302. The van der Waals surface area contributed by atoms with Gasteiger partial charge in [-0.3, -0.25) is 9.59 Å². The van der Waals surface area contributed by atoms with E-state index in [1.165, 1.54) is 39.6 Å². The van der Waals surface area contributed by atoms with Gasteiger partial charge in [-0.1, -0.05) is 75.4 Å². The molecule has 2 unspecified atom stereocenters. The molecule has 3 aromatic carbocycles. The Morgan fingerprint density at radius 3 is 1.91 bits per heavy atom. The lowest BCUT2D eigenvalue weighted by atomic mass is 9.77. The van der Waals surface area contributed by atoms with Crippen molar-refractivity contribution in [1.29, 1.82) is 0 Å². The van der Waals surface area contributed by atoms with Gasteiger partial charge in [-0.25, -0.2) is 9.59 Å². The molecule has 89 heavy (non-hydrogen) atoms. The molecular formula is C67H101N3O18S. The molecule has 3 heterocycles. The van der Waals surface area contributed by atoms with Crippen molar-refractivity contribution in [2.24, 2.45) is 17.8 Å². The van der Waals surface area contributed by atoms with E-state index in [0.717, 1.165) is 16.7 Å². The Morgan fingerprint density at radius 2 is 1.38 bits per heavy atom. The summed E-state index contributed by atoms with van der Waals surface area (Å²) in [6.07, 6.45) is -12.0. The molecule has 3 saturated heterocycles. The normalized spacial score (nSPS) is 34.4. The second-order valence-electron chi connectivity index (χ2n) is 25.7. The number of rotatable bonds is 20. The summed E-state index contributed by atoms with van der Waals surface area (Å²) in [6, 6.07) is 22.5. The molecule has 3 aliphatic rings. The predicted molar refractivity (Wildman–Crippen MR) is 336 cm³/mol. The molecule has 0 spiro atoms. The molecule has 498 valence electrons. The second kappa shape index (κ2) is 31.1. The van der Waals surface area contributed by atoms with E-state index in [9.17, 15) is 39.6 Å². The zero-order valence-corrected chi connectivity index (χ0v) is 56.2. The minimum Gasteiger partial charge on any atom is -0.497 e. The molecule has 0 aromatic heterocycles. The average molecular weight is 1270 g/mol. The first-order chi connectivity index (χ1) is 41.8. The summed E-state index contributed by atoms with van der Waals surface area (Å²) in [4.78, 5) is 60.9. The second-order valence-corrected chi connectivity index (χ2v) is 27.0. The molecule has 5 N–H and O–H groups in total. The Labute approximate surface area is 531 Å². The molecule has 0 radical (unpaired) electrons. The third-order valence-corrected chi connectivity index (χ3v) is 20.0. The number of carbonyl (C=O) groups is 4. The number of cyclic esters (lactones) is 1. The Morgan fingerprint density at radius 1 is 0.809 bits per heavy atom. The molecule has 0 saturated carbocycles. The number of amides is 1. The number of thioether (sulfide) groups is 1. The molecule has 20 atom stereocenters. The Balaban J connectivity index is 1.36. The van der Waals surface area contributed by atoms with E-state index in [2.05, 4.69) is 5.32 Å². The van der Waals surface area contributed by atoms with Crippen molar-refractivity contribution in [1.82, 2.24) is 15.1 Å². The van der Waals surface area contributed by atoms with Crippen molar-refractivity contribution in [2.75, 3.05) is 54.8 Å². The summed E-state index contributed by atoms with van der Waals surface area (Å²) in [7, 11) is 10.1. The number of nitrogens with one attached hydrogen (secondary N) is 1. The van der Waals surface area contributed by atoms with Crippen LogP contribution in [0.1, 0.15) is 125 Å². The highest BCUT2D eigenvalue weighted by Gasteiger charge is 2.54. The number of hydrogen-bond acceptors (Lipinski definition) is 21. The fourth-order valence-corrected chi connectivity index (χ4v) is 14.6. The summed E-state index contributed by atoms with van der Waals surface area (Å²) < 4.78 is 61.5. The number of nitrogens with zero attached hydrogens (tertiary/aromatic N) is 2. The van der Waals surface area contributed by atoms with E-state index < -0.39 is 143 Å². The van der Waals surface area contributed by atoms with Crippen molar-refractivity contribution in [3.05, 3.63) is 95.6 Å². The molecule has 22 heteroatoms. The molecule has 3 aromatic rings. The largest absolute Gasteiger partial charge is 0.497 e. The summed E-state index contributed by atoms with van der Waals surface area (Å²) in [5.74, 6) is -4.32. The highest BCUT2D eigenvalue weighted by Crippen LogP contribution is 2.50. The third kappa shape index (κ3) is 17.2. The Bertz CT molecular complexity index is 2710. The SMILES string of the molecule is CC[C@H]1OC(=O)[C@H](C)[C@@H](O[C@H]2C[C@@](C)(OC)[C@@H](O)[C@H](C)O2)[C@H](C)[C@@H](O[C@@H]2O[C@H](C)C[C@H](N(C)C)[C@H]2OC(=O)C(C)OC(=O)C(CSC(c2ccccc2)(c2ccc(OC)cc2)c2ccc(OC)cc2)NC(C)=O)[C@](C)(O)C[C@@H](C)CN(C)[C@H](C)[C@@H](O)[C@]1(C)O. The van der Waals surface area contributed by atoms with Gasteiger partial charge in [0.2, 0.25) is 5.91 Å². The monoisotopic (exact) mass is 1270 g/mol. The van der Waals surface area contributed by atoms with Gasteiger partial charge in [0, 0.05) is 44.7 Å². The van der Waals surface area contributed by atoms with Crippen LogP contribution in [-0.2, 0) is 61.8 Å². The highest BCUT2D eigenvalue weighted by molar-refractivity contribution is 8.00. The number of methoxy groups -OCH3 is 3. The lowest BCUT2D eigenvalue weighted by molar-refractivity contribution is -0.319. The maximum absolute atomic E-state index is 14.8. The zero-order chi connectivity index (χ0) is 66.1. The first-order valence-corrected chi connectivity index (χ1v) is 32.0. The van der Waals surface area contributed by atoms with Gasteiger partial charge in [0.15, 0.2) is 24.8 Å². The number of aliphatic hydroxyl groups excluding tert-OH is 2. The number of aliphatic hydroxyl groups is 4. The molecular weight excluding hydrogens is 1170 g/mol. The van der Waals surface area contributed by atoms with Crippen LogP contribution in [-0.4, -0.2) is 211 Å². The molecule has 0 aliphatic carbocycles. The average Bonchev–Trinajstić information content (AvgIpc) is 1.09. The third-order valence-electron chi connectivity index (χ3n) is 18.4. The number of ether oxygens (including phenoxy) is 10. The Kier molecular flexibility index (Phi) is 25.6. The van der Waals surface area contributed by atoms with Crippen molar-refractivity contribution in [2.45, 2.75) is 216 Å². The van der Waals surface area contributed by atoms with Gasteiger partial charge < -0.3 is 82.9 Å². The van der Waals surface area contributed by atoms with Crippen molar-refractivity contribution >= 4 is 35.6 Å². The minimum atomic E-state index is -1.91. The van der Waals surface area contributed by atoms with E-state index >= 15 is 0 Å². The van der Waals surface area contributed by atoms with Crippen LogP contribution < -0.4 is 14.8 Å². The fourth-order valence-electron chi connectivity index (χ4n) is 13.1. The lowest BCUT2D eigenvalue weighted by Crippen LogP contribution is -2.61. The predicted octanol–water partition coefficient (Wildman–Crippen LogP) is 6.63. The molecule has 3 aliphatic heterocycles. The van der Waals surface area contributed by atoms with Crippen molar-refractivity contribution in [3.63, 3.8) is 0 Å². The van der Waals surface area contributed by atoms with E-state index in [1.54, 1.807) is 69.7 Å². The van der Waals surface area contributed by atoms with Crippen LogP contribution in [0, 0.1) is 17.8 Å². The lowest BCUT2D eigenvalue weighted by Gasteiger charge is -2.49. The van der Waals surface area contributed by atoms with Crippen LogP contribution in [0.4, 0.5) is 0 Å². The summed E-state index contributed by atoms with van der Waals surface area (Å²) in [5, 5.41) is 51.0. The number of likely N-dealkylation sites (N-methyl/N-ethyl adjacent to an activating group) is 2. The van der Waals surface area contributed by atoms with Gasteiger partial charge in [0.25, 0.3) is 0 Å². The summed E-state index contributed by atoms with van der Waals surface area (Å²) in [6.45, 7) is 20.2. The van der Waals surface area contributed by atoms with Crippen molar-refractivity contribution in [3.8, 4) is 11.5 Å². The van der Waals surface area contributed by atoms with E-state index in [4.69, 9.17) is 47.4 Å². The van der Waals surface area contributed by atoms with Gasteiger partial charge >= 0.3 is 17.9 Å². The van der Waals surface area contributed by atoms with Gasteiger partial charge in [0.1, 0.15) is 41.5 Å². The van der Waals surface area contributed by atoms with E-state index in [0.29, 0.717) is 24.5 Å². The maximum atomic E-state index is 14.8. The zero-order valence-electron chi connectivity index (χ0n) is 55.4. The molecule has 0 bridgehead atoms. The van der Waals surface area contributed by atoms with Crippen LogP contribution in [0.2, 0.25) is 0 Å². The van der Waals surface area contributed by atoms with Gasteiger partial charge in [-0.15, -0.1) is 11.8 Å². The van der Waals surface area contributed by atoms with E-state index in [-0.39, 0.29) is 30.9 Å². The van der Waals surface area contributed by atoms with Crippen LogP contribution in [0.25, 0.3) is 0 Å². The standard InChI is InChI=1S/C67H101N3O18S/c1-19-53-66(12,78)57(72)42(6)70(15)36-38(2)34-64(10,77)59(40(4)55(41(5)60(74)85-53)86-54-35-65(11,81-18)58(73)43(7)83-54)88-63-56(52(69(13)14)33-39(3)82-63)87-61(75)44(8)84-62(76)51(68-45(9)71)37-89-67(46-23-21-20-22-24-46,47-25-29-49(79-16)30-26-47)48-27-31-50(80-17)32-28-48/h20-32,38-44,51-59,63,72-73,77-78H,19,33-37H2,1-18H3,(H,68,71)/t38-,39-,40+,41-,42-,43+,44?,51?,52+,53-,54+,55+,56-,57-,58+,59-,63+,64-,65-,66-/m1/s1. The smallest absolute Gasteiger partial charge is 0.347 e. The number of carbonyl (C=O) groups excluding carboxylic acids is 4. The van der Waals surface area contributed by atoms with E-state index in [1.807, 2.05) is 117 Å². The molecule has 1 amide bonds. The number of esters is 3. The van der Waals surface area contributed by atoms with Gasteiger partial charge in [0.05, 0.1) is 66.5 Å². The number of hydrogen-bond donors (Lipinski definition) is 5. The van der Waals surface area contributed by atoms with Crippen LogP contribution in [0.15, 0.2) is 78.9 Å². The first kappa shape index (κ1) is 73.1. The van der Waals surface area contributed by atoms with Crippen molar-refractivity contribution < 1.29 is 87.0 Å². The molecule has 3 fully saturated rings. The van der Waals surface area contributed by atoms with Crippen LogP contribution in [0.5, 0.6) is 11.5 Å². The summed E-state index contributed by atoms with van der Waals surface area (Å²) >= 11 is 1.39. The quantitative estimate of drug-likeness (QED) is 0.0452. The molecule has 21 nitrogen and oxygen atoms in total. The van der Waals surface area contributed by atoms with Gasteiger partial charge in [-0.05, 0) is 143 Å². The number of benzene rings is 3. The van der Waals surface area contributed by atoms with Crippen LogP contribution >= 0.6 is 11.8 Å². The molecule has 6 rings (SSSR count). The maximum Gasteiger partial charge on any atom is 0.347 e. The topological polar surface area (TPSA) is 260 Å². The highest BCUT2D eigenvalue weighted by atomic mass is 32.2. The van der Waals surface area contributed by atoms with Gasteiger partial charge in [-0.2, -0.15) is 0 Å². The Hall–Kier alpha value is -4.95. The van der Waals surface area contributed by atoms with Crippen LogP contribution in [0.3, 0.4) is 0 Å².